The number of halogens is 6. The molecule has 8 heteroatoms. The van der Waals surface area contributed by atoms with Crippen LogP contribution >= 0.6 is 0 Å². The van der Waals surface area contributed by atoms with E-state index in [0.717, 1.165) is 0 Å². The summed E-state index contributed by atoms with van der Waals surface area (Å²) in [6.07, 6.45) is -14.6. The van der Waals surface area contributed by atoms with Gasteiger partial charge in [-0.25, -0.2) is 0 Å². The molecule has 0 spiro atoms. The summed E-state index contributed by atoms with van der Waals surface area (Å²) in [6.45, 7) is 0. The number of carbonyl (C=O) groups is 1. The van der Waals surface area contributed by atoms with Gasteiger partial charge in [-0.05, 0) is 0 Å². The average Bonchev–Trinajstić information content (AvgIpc) is 2.27. The van der Waals surface area contributed by atoms with Gasteiger partial charge in [-0.3, -0.25) is 4.79 Å². The minimum atomic E-state index is -5.17. The quantitative estimate of drug-likeness (QED) is 0.463. The number of hydrogen-bond donors (Lipinski definition) is 0. The largest absolute Gasteiger partial charge is 0.452 e. The Morgan fingerprint density at radius 2 is 1.57 bits per heavy atom. The molecule has 0 aromatic heterocycles. The standard InChI is InChI=1S/C6H4F6O2/c7-5(8,9)2-1-3(13)14-4(2)6(10,11)12/h2,4H,1H2. The maximum absolute atomic E-state index is 12.0. The predicted molar refractivity (Wildman–Crippen MR) is 30.1 cm³/mol. The summed E-state index contributed by atoms with van der Waals surface area (Å²) in [5.74, 6) is -4.26. The van der Waals surface area contributed by atoms with Gasteiger partial charge >= 0.3 is 18.3 Å². The number of esters is 1. The van der Waals surface area contributed by atoms with Crippen molar-refractivity contribution in [2.45, 2.75) is 24.9 Å². The summed E-state index contributed by atoms with van der Waals surface area (Å²) in [5.41, 5.74) is 0. The molecule has 0 N–H and O–H groups in total. The minimum absolute atomic E-state index is 1.27. The fourth-order valence-electron chi connectivity index (χ4n) is 1.14. The molecule has 0 saturated carbocycles. The van der Waals surface area contributed by atoms with E-state index in [2.05, 4.69) is 4.74 Å². The van der Waals surface area contributed by atoms with Gasteiger partial charge in [0, 0.05) is 0 Å². The number of carbonyl (C=O) groups excluding carboxylic acids is 1. The highest BCUT2D eigenvalue weighted by Crippen LogP contribution is 2.43. The second kappa shape index (κ2) is 3.03. The molecule has 14 heavy (non-hydrogen) atoms. The van der Waals surface area contributed by atoms with Crippen molar-refractivity contribution in [1.82, 2.24) is 0 Å². The Morgan fingerprint density at radius 3 is 1.86 bits per heavy atom. The Hall–Kier alpha value is -0.950. The molecule has 82 valence electrons. The lowest BCUT2D eigenvalue weighted by Crippen LogP contribution is -2.40. The SMILES string of the molecule is O=C1CC(C(F)(F)F)C(C(F)(F)F)O1. The van der Waals surface area contributed by atoms with E-state index in [1.165, 1.54) is 0 Å². The predicted octanol–water partition coefficient (Wildman–Crippen LogP) is 2.04. The molecule has 0 radical (unpaired) electrons. The molecular formula is C6H4F6O2. The number of hydrogen-bond acceptors (Lipinski definition) is 2. The molecule has 0 amide bonds. The first kappa shape index (κ1) is 11.1. The zero-order valence-electron chi connectivity index (χ0n) is 6.45. The second-order valence-electron chi connectivity index (χ2n) is 2.80. The van der Waals surface area contributed by atoms with Gasteiger partial charge in [0.15, 0.2) is 0 Å². The maximum atomic E-state index is 12.0. The van der Waals surface area contributed by atoms with Crippen molar-refractivity contribution in [2.24, 2.45) is 5.92 Å². The lowest BCUT2D eigenvalue weighted by molar-refractivity contribution is -0.260. The molecule has 0 aromatic rings. The maximum Gasteiger partial charge on any atom is 0.426 e. The Balaban J connectivity index is 2.89. The highest BCUT2D eigenvalue weighted by Gasteiger charge is 2.61. The molecular weight excluding hydrogens is 218 g/mol. The molecule has 2 atom stereocenters. The van der Waals surface area contributed by atoms with Crippen molar-refractivity contribution in [3.8, 4) is 0 Å². The van der Waals surface area contributed by atoms with Crippen molar-refractivity contribution in [3.05, 3.63) is 0 Å². The Morgan fingerprint density at radius 1 is 1.07 bits per heavy atom. The van der Waals surface area contributed by atoms with Gasteiger partial charge in [-0.1, -0.05) is 0 Å². The molecule has 0 aromatic carbocycles. The first-order chi connectivity index (χ1) is 6.12. The van der Waals surface area contributed by atoms with Gasteiger partial charge in [0.1, 0.15) is 5.92 Å². The van der Waals surface area contributed by atoms with E-state index < -0.39 is 36.8 Å². The Labute approximate surface area is 73.8 Å². The summed E-state index contributed by atoms with van der Waals surface area (Å²) < 4.78 is 75.3. The van der Waals surface area contributed by atoms with Crippen LogP contribution in [0.4, 0.5) is 26.3 Å². The van der Waals surface area contributed by atoms with Gasteiger partial charge in [0.2, 0.25) is 6.10 Å². The third-order valence-electron chi connectivity index (χ3n) is 1.75. The van der Waals surface area contributed by atoms with Crippen molar-refractivity contribution < 1.29 is 35.9 Å². The third-order valence-corrected chi connectivity index (χ3v) is 1.75. The lowest BCUT2D eigenvalue weighted by atomic mass is 10.0. The van der Waals surface area contributed by atoms with E-state index in [1.807, 2.05) is 0 Å². The third kappa shape index (κ3) is 2.10. The van der Waals surface area contributed by atoms with E-state index in [4.69, 9.17) is 0 Å². The number of alkyl halides is 6. The van der Waals surface area contributed by atoms with Crippen molar-refractivity contribution in [1.29, 1.82) is 0 Å². The van der Waals surface area contributed by atoms with Crippen molar-refractivity contribution in [2.75, 3.05) is 0 Å². The van der Waals surface area contributed by atoms with E-state index in [0.29, 0.717) is 0 Å². The number of cyclic esters (lactones) is 1. The van der Waals surface area contributed by atoms with Crippen LogP contribution in [0, 0.1) is 5.92 Å². The smallest absolute Gasteiger partial charge is 0.426 e. The van der Waals surface area contributed by atoms with Crippen LogP contribution in [0.5, 0.6) is 0 Å². The zero-order valence-corrected chi connectivity index (χ0v) is 6.45. The van der Waals surface area contributed by atoms with Crippen LogP contribution in [0.25, 0.3) is 0 Å². The van der Waals surface area contributed by atoms with Crippen molar-refractivity contribution >= 4 is 5.97 Å². The zero-order chi connectivity index (χ0) is 11.1. The minimum Gasteiger partial charge on any atom is -0.452 e. The molecule has 1 heterocycles. The van der Waals surface area contributed by atoms with Crippen LogP contribution in [0.2, 0.25) is 0 Å². The van der Waals surface area contributed by atoms with Crippen LogP contribution < -0.4 is 0 Å². The average molecular weight is 222 g/mol. The summed E-state index contributed by atoms with van der Waals surface area (Å²) in [7, 11) is 0. The van der Waals surface area contributed by atoms with Crippen LogP contribution in [-0.4, -0.2) is 24.4 Å². The second-order valence-corrected chi connectivity index (χ2v) is 2.80. The Bertz CT molecular complexity index is 218. The van der Waals surface area contributed by atoms with Crippen LogP contribution in [-0.2, 0) is 9.53 Å². The van der Waals surface area contributed by atoms with E-state index >= 15 is 0 Å². The van der Waals surface area contributed by atoms with Gasteiger partial charge in [0.05, 0.1) is 6.42 Å². The van der Waals surface area contributed by atoms with Gasteiger partial charge < -0.3 is 4.74 Å². The molecule has 1 saturated heterocycles. The Kier molecular flexibility index (Phi) is 2.41. The molecule has 1 aliphatic heterocycles. The highest BCUT2D eigenvalue weighted by atomic mass is 19.4. The molecule has 1 rings (SSSR count). The lowest BCUT2D eigenvalue weighted by Gasteiger charge is -2.21. The number of rotatable bonds is 0. The van der Waals surface area contributed by atoms with Gasteiger partial charge in [0.25, 0.3) is 0 Å². The first-order valence-corrected chi connectivity index (χ1v) is 3.45. The van der Waals surface area contributed by atoms with Crippen LogP contribution in [0.3, 0.4) is 0 Å². The van der Waals surface area contributed by atoms with E-state index in [-0.39, 0.29) is 0 Å². The monoisotopic (exact) mass is 222 g/mol. The molecule has 0 aliphatic carbocycles. The summed E-state index contributed by atoms with van der Waals surface area (Å²) in [6, 6.07) is 0. The number of ether oxygens (including phenoxy) is 1. The van der Waals surface area contributed by atoms with Crippen molar-refractivity contribution in [3.63, 3.8) is 0 Å². The first-order valence-electron chi connectivity index (χ1n) is 3.45. The fourth-order valence-corrected chi connectivity index (χ4v) is 1.14. The summed E-state index contributed by atoms with van der Waals surface area (Å²) in [5, 5.41) is 0. The molecule has 2 unspecified atom stereocenters. The van der Waals surface area contributed by atoms with E-state index in [9.17, 15) is 31.1 Å². The topological polar surface area (TPSA) is 26.3 Å². The van der Waals surface area contributed by atoms with Gasteiger partial charge in [-0.2, -0.15) is 26.3 Å². The normalized spacial score (nSPS) is 29.1. The van der Waals surface area contributed by atoms with Crippen LogP contribution in [0.15, 0.2) is 0 Å². The molecule has 1 fully saturated rings. The highest BCUT2D eigenvalue weighted by molar-refractivity contribution is 5.72. The summed E-state index contributed by atoms with van der Waals surface area (Å²) >= 11 is 0. The van der Waals surface area contributed by atoms with Gasteiger partial charge in [-0.15, -0.1) is 0 Å². The molecule has 1 aliphatic rings. The van der Waals surface area contributed by atoms with Crippen LogP contribution in [0.1, 0.15) is 6.42 Å². The fraction of sp³-hybridized carbons (Fsp3) is 0.833. The van der Waals surface area contributed by atoms with E-state index in [1.54, 1.807) is 0 Å². The molecule has 0 bridgehead atoms. The molecule has 2 nitrogen and oxygen atoms in total. The summed E-state index contributed by atoms with van der Waals surface area (Å²) in [4.78, 5) is 10.3.